The zero-order valence-electron chi connectivity index (χ0n) is 12.5. The van der Waals surface area contributed by atoms with Crippen molar-refractivity contribution in [2.75, 3.05) is 0 Å². The van der Waals surface area contributed by atoms with Gasteiger partial charge in [0, 0.05) is 18.3 Å². The minimum atomic E-state index is -1.47. The van der Waals surface area contributed by atoms with Crippen LogP contribution in [0, 0.1) is 51.2 Å². The quantitative estimate of drug-likeness (QED) is 0.854. The summed E-state index contributed by atoms with van der Waals surface area (Å²) in [6.07, 6.45) is 1.41. The Bertz CT molecular complexity index is 661. The van der Waals surface area contributed by atoms with Crippen molar-refractivity contribution in [3.63, 3.8) is 0 Å². The number of carbonyl (C=O) groups excluding carboxylic acids is 1. The lowest BCUT2D eigenvalue weighted by Gasteiger charge is -2.41. The van der Waals surface area contributed by atoms with Gasteiger partial charge in [0.05, 0.1) is 24.1 Å². The third kappa shape index (κ3) is 2.36. The fourth-order valence-electron chi connectivity index (χ4n) is 3.50. The molecule has 3 atom stereocenters. The Morgan fingerprint density at radius 3 is 2.32 bits per heavy atom. The second kappa shape index (κ2) is 6.42. The van der Waals surface area contributed by atoms with E-state index in [1.54, 1.807) is 0 Å². The summed E-state index contributed by atoms with van der Waals surface area (Å²) in [4.78, 5) is 12.5. The Labute approximate surface area is 130 Å². The molecule has 0 radical (unpaired) electrons. The standard InChI is InChI=1S/C18H17N3O/c1-2-6-15-16(22)9-14(10-19)18(11-20,12-21)17(15)13-7-4-3-5-8-13/h3-5,7-8,14-15,17H,2,6,9H2,1H3. The van der Waals surface area contributed by atoms with Crippen LogP contribution in [0.2, 0.25) is 0 Å². The van der Waals surface area contributed by atoms with Crippen molar-refractivity contribution in [1.29, 1.82) is 15.8 Å². The van der Waals surface area contributed by atoms with Gasteiger partial charge in [0.25, 0.3) is 0 Å². The van der Waals surface area contributed by atoms with Gasteiger partial charge in [-0.05, 0) is 12.0 Å². The molecule has 110 valence electrons. The van der Waals surface area contributed by atoms with Crippen LogP contribution >= 0.6 is 0 Å². The average Bonchev–Trinajstić information content (AvgIpc) is 2.57. The number of rotatable bonds is 3. The van der Waals surface area contributed by atoms with Crippen LogP contribution in [0.3, 0.4) is 0 Å². The van der Waals surface area contributed by atoms with Crippen LogP contribution in [-0.2, 0) is 4.79 Å². The van der Waals surface area contributed by atoms with Crippen molar-refractivity contribution in [3.8, 4) is 18.2 Å². The summed E-state index contributed by atoms with van der Waals surface area (Å²) in [6.45, 7) is 1.98. The lowest BCUT2D eigenvalue weighted by Crippen LogP contribution is -2.46. The Kier molecular flexibility index (Phi) is 4.59. The molecule has 1 saturated carbocycles. The van der Waals surface area contributed by atoms with Crippen LogP contribution in [0.1, 0.15) is 37.7 Å². The summed E-state index contributed by atoms with van der Waals surface area (Å²) < 4.78 is 0. The van der Waals surface area contributed by atoms with E-state index in [1.165, 1.54) is 0 Å². The van der Waals surface area contributed by atoms with E-state index in [4.69, 9.17) is 0 Å². The molecule has 0 heterocycles. The van der Waals surface area contributed by atoms with Crippen molar-refractivity contribution in [2.24, 2.45) is 17.3 Å². The van der Waals surface area contributed by atoms with E-state index < -0.39 is 17.3 Å². The third-order valence-electron chi connectivity index (χ3n) is 4.55. The van der Waals surface area contributed by atoms with E-state index >= 15 is 0 Å². The molecule has 1 aliphatic carbocycles. The highest BCUT2D eigenvalue weighted by Crippen LogP contribution is 2.52. The highest BCUT2D eigenvalue weighted by molar-refractivity contribution is 5.84. The van der Waals surface area contributed by atoms with E-state index in [1.807, 2.05) is 43.3 Å². The molecule has 4 nitrogen and oxygen atoms in total. The van der Waals surface area contributed by atoms with E-state index in [0.717, 1.165) is 12.0 Å². The second-order valence-corrected chi connectivity index (χ2v) is 5.73. The number of hydrogen-bond donors (Lipinski definition) is 0. The highest BCUT2D eigenvalue weighted by atomic mass is 16.1. The van der Waals surface area contributed by atoms with Crippen molar-refractivity contribution in [2.45, 2.75) is 32.1 Å². The Morgan fingerprint density at radius 2 is 1.82 bits per heavy atom. The maximum atomic E-state index is 12.5. The molecular formula is C18H17N3O. The molecule has 22 heavy (non-hydrogen) atoms. The van der Waals surface area contributed by atoms with Crippen LogP contribution in [0.4, 0.5) is 0 Å². The third-order valence-corrected chi connectivity index (χ3v) is 4.55. The number of Topliss-reactive ketones (excluding diaryl/α,β-unsaturated/α-hetero) is 1. The zero-order valence-corrected chi connectivity index (χ0v) is 12.5. The van der Waals surface area contributed by atoms with E-state index in [2.05, 4.69) is 12.1 Å². The van der Waals surface area contributed by atoms with Gasteiger partial charge in [-0.3, -0.25) is 4.79 Å². The minimum absolute atomic E-state index is 0.00831. The number of nitriles is 3. The summed E-state index contributed by atoms with van der Waals surface area (Å²) in [5.74, 6) is -1.82. The zero-order chi connectivity index (χ0) is 16.2. The molecule has 4 heteroatoms. The van der Waals surface area contributed by atoms with E-state index in [-0.39, 0.29) is 18.1 Å². The van der Waals surface area contributed by atoms with Crippen molar-refractivity contribution in [3.05, 3.63) is 35.9 Å². The first-order chi connectivity index (χ1) is 10.6. The first kappa shape index (κ1) is 15.7. The smallest absolute Gasteiger partial charge is 0.167 e. The summed E-state index contributed by atoms with van der Waals surface area (Å²) in [6, 6.07) is 15.4. The van der Waals surface area contributed by atoms with E-state index in [9.17, 15) is 20.6 Å². The summed E-state index contributed by atoms with van der Waals surface area (Å²) in [7, 11) is 0. The van der Waals surface area contributed by atoms with Crippen LogP contribution in [-0.4, -0.2) is 5.78 Å². The molecule has 0 aromatic heterocycles. The average molecular weight is 291 g/mol. The van der Waals surface area contributed by atoms with Gasteiger partial charge in [0.1, 0.15) is 5.78 Å². The fraction of sp³-hybridized carbons (Fsp3) is 0.444. The largest absolute Gasteiger partial charge is 0.299 e. The lowest BCUT2D eigenvalue weighted by molar-refractivity contribution is -0.128. The molecule has 1 aliphatic rings. The van der Waals surface area contributed by atoms with Crippen LogP contribution in [0.5, 0.6) is 0 Å². The lowest BCUT2D eigenvalue weighted by atomic mass is 9.55. The molecule has 0 N–H and O–H groups in total. The molecule has 2 rings (SSSR count). The SMILES string of the molecule is CCCC1C(=O)CC(C#N)C(C#N)(C#N)C1c1ccccc1. The van der Waals surface area contributed by atoms with Gasteiger partial charge in [-0.2, -0.15) is 15.8 Å². The van der Waals surface area contributed by atoms with Gasteiger partial charge in [0.15, 0.2) is 5.41 Å². The molecule has 0 saturated heterocycles. The first-order valence-electron chi connectivity index (χ1n) is 7.44. The Morgan fingerprint density at radius 1 is 1.18 bits per heavy atom. The van der Waals surface area contributed by atoms with Crippen molar-refractivity contribution >= 4 is 5.78 Å². The fourth-order valence-corrected chi connectivity index (χ4v) is 3.50. The number of nitrogens with zero attached hydrogens (tertiary/aromatic N) is 3. The normalized spacial score (nSPS) is 26.5. The molecule has 0 spiro atoms. The van der Waals surface area contributed by atoms with Crippen LogP contribution in [0.15, 0.2) is 30.3 Å². The summed E-state index contributed by atoms with van der Waals surface area (Å²) in [5, 5.41) is 28.8. The van der Waals surface area contributed by atoms with Gasteiger partial charge in [-0.25, -0.2) is 0 Å². The summed E-state index contributed by atoms with van der Waals surface area (Å²) >= 11 is 0. The van der Waals surface area contributed by atoms with Crippen molar-refractivity contribution in [1.82, 2.24) is 0 Å². The molecule has 0 aliphatic heterocycles. The topological polar surface area (TPSA) is 88.4 Å². The van der Waals surface area contributed by atoms with Gasteiger partial charge in [-0.1, -0.05) is 43.7 Å². The van der Waals surface area contributed by atoms with Crippen LogP contribution in [0.25, 0.3) is 0 Å². The predicted molar refractivity (Wildman–Crippen MR) is 80.0 cm³/mol. The van der Waals surface area contributed by atoms with Gasteiger partial charge < -0.3 is 0 Å². The maximum Gasteiger partial charge on any atom is 0.167 e. The van der Waals surface area contributed by atoms with Gasteiger partial charge in [-0.15, -0.1) is 0 Å². The number of carbonyl (C=O) groups is 1. The molecule has 1 aromatic carbocycles. The molecular weight excluding hydrogens is 274 g/mol. The van der Waals surface area contributed by atoms with Gasteiger partial charge >= 0.3 is 0 Å². The Hall–Kier alpha value is -2.64. The predicted octanol–water partition coefficient (Wildman–Crippen LogP) is 3.33. The minimum Gasteiger partial charge on any atom is -0.299 e. The second-order valence-electron chi connectivity index (χ2n) is 5.73. The highest BCUT2D eigenvalue weighted by Gasteiger charge is 2.56. The monoisotopic (exact) mass is 291 g/mol. The number of ketones is 1. The van der Waals surface area contributed by atoms with E-state index in [0.29, 0.717) is 6.42 Å². The number of hydrogen-bond acceptors (Lipinski definition) is 4. The molecule has 3 unspecified atom stereocenters. The molecule has 0 amide bonds. The molecule has 1 fully saturated rings. The molecule has 0 bridgehead atoms. The maximum absolute atomic E-state index is 12.5. The van der Waals surface area contributed by atoms with Crippen molar-refractivity contribution < 1.29 is 4.79 Å². The Balaban J connectivity index is 2.66. The van der Waals surface area contributed by atoms with Gasteiger partial charge in [0.2, 0.25) is 0 Å². The number of benzene rings is 1. The summed E-state index contributed by atoms with van der Waals surface area (Å²) in [5.41, 5.74) is -0.679. The first-order valence-corrected chi connectivity index (χ1v) is 7.44. The van der Waals surface area contributed by atoms with Crippen LogP contribution < -0.4 is 0 Å². The molecule has 1 aromatic rings.